The van der Waals surface area contributed by atoms with Crippen LogP contribution in [0.15, 0.2) is 36.5 Å². The van der Waals surface area contributed by atoms with E-state index in [1.165, 1.54) is 12.8 Å². The summed E-state index contributed by atoms with van der Waals surface area (Å²) >= 11 is 0. The molecule has 3 rings (SSSR count). The second kappa shape index (κ2) is 5.88. The summed E-state index contributed by atoms with van der Waals surface area (Å²) in [7, 11) is 0. The van der Waals surface area contributed by atoms with Gasteiger partial charge in [-0.2, -0.15) is 5.10 Å². The number of nitrogens with zero attached hydrogens (tertiary/aromatic N) is 1. The molecule has 2 aromatic rings. The fraction of sp³-hybridized carbons (Fsp3) is 0.333. The van der Waals surface area contributed by atoms with Crippen LogP contribution in [-0.4, -0.2) is 29.2 Å². The topological polar surface area (TPSA) is 69.8 Å². The van der Waals surface area contributed by atoms with E-state index in [2.05, 4.69) is 20.8 Å². The highest BCUT2D eigenvalue weighted by atomic mass is 16.1. The molecular formula is C15H18N4O. The van der Waals surface area contributed by atoms with Crippen LogP contribution >= 0.6 is 0 Å². The molecule has 0 aliphatic heterocycles. The van der Waals surface area contributed by atoms with Gasteiger partial charge in [-0.05, 0) is 43.5 Å². The van der Waals surface area contributed by atoms with Crippen molar-refractivity contribution in [1.29, 1.82) is 0 Å². The summed E-state index contributed by atoms with van der Waals surface area (Å²) in [6, 6.07) is 9.63. The van der Waals surface area contributed by atoms with Gasteiger partial charge >= 0.3 is 0 Å². The van der Waals surface area contributed by atoms with Gasteiger partial charge in [-0.1, -0.05) is 12.1 Å². The monoisotopic (exact) mass is 270 g/mol. The summed E-state index contributed by atoms with van der Waals surface area (Å²) in [6.45, 7) is 1.31. The number of H-pyrrole nitrogens is 1. The zero-order valence-corrected chi connectivity index (χ0v) is 11.2. The standard InChI is InChI=1S/C15H18N4O/c20-15(10-16-9-11-4-5-11)18-13-3-1-2-12(8-13)14-6-7-17-19-14/h1-3,6-8,11,16H,4-5,9-10H2,(H,17,19)(H,18,20). The zero-order valence-electron chi connectivity index (χ0n) is 11.2. The largest absolute Gasteiger partial charge is 0.325 e. The van der Waals surface area contributed by atoms with Crippen molar-refractivity contribution in [2.45, 2.75) is 12.8 Å². The number of benzene rings is 1. The van der Waals surface area contributed by atoms with Gasteiger partial charge in [0.1, 0.15) is 0 Å². The lowest BCUT2D eigenvalue weighted by atomic mass is 10.1. The normalized spacial score (nSPS) is 14.2. The molecule has 1 aliphatic rings. The Balaban J connectivity index is 1.56. The molecular weight excluding hydrogens is 252 g/mol. The zero-order chi connectivity index (χ0) is 13.8. The van der Waals surface area contributed by atoms with Crippen molar-refractivity contribution in [3.05, 3.63) is 36.5 Å². The van der Waals surface area contributed by atoms with Crippen LogP contribution in [0, 0.1) is 5.92 Å². The van der Waals surface area contributed by atoms with Crippen LogP contribution in [0.2, 0.25) is 0 Å². The van der Waals surface area contributed by atoms with Crippen molar-refractivity contribution in [2.24, 2.45) is 5.92 Å². The molecule has 1 saturated carbocycles. The van der Waals surface area contributed by atoms with Crippen LogP contribution in [0.5, 0.6) is 0 Å². The number of carbonyl (C=O) groups excluding carboxylic acids is 1. The highest BCUT2D eigenvalue weighted by Gasteiger charge is 2.20. The summed E-state index contributed by atoms with van der Waals surface area (Å²) in [5.74, 6) is 0.777. The molecule has 0 bridgehead atoms. The average molecular weight is 270 g/mol. The Morgan fingerprint density at radius 3 is 3.00 bits per heavy atom. The minimum absolute atomic E-state index is 0.00703. The molecule has 104 valence electrons. The molecule has 1 heterocycles. The second-order valence-electron chi connectivity index (χ2n) is 5.17. The lowest BCUT2D eigenvalue weighted by Gasteiger charge is -2.07. The van der Waals surface area contributed by atoms with E-state index >= 15 is 0 Å². The van der Waals surface area contributed by atoms with E-state index in [1.807, 2.05) is 30.3 Å². The van der Waals surface area contributed by atoms with Gasteiger partial charge in [0.05, 0.1) is 12.2 Å². The SMILES string of the molecule is O=C(CNCC1CC1)Nc1cccc(-c2ccn[nH]2)c1. The molecule has 0 radical (unpaired) electrons. The molecule has 1 aromatic carbocycles. The number of aromatic amines is 1. The molecule has 1 aliphatic carbocycles. The Morgan fingerprint density at radius 2 is 2.25 bits per heavy atom. The highest BCUT2D eigenvalue weighted by Crippen LogP contribution is 2.27. The number of rotatable bonds is 6. The van der Waals surface area contributed by atoms with Crippen LogP contribution in [0.3, 0.4) is 0 Å². The number of hydrogen-bond acceptors (Lipinski definition) is 3. The van der Waals surface area contributed by atoms with Crippen LogP contribution < -0.4 is 10.6 Å². The van der Waals surface area contributed by atoms with Gasteiger partial charge in [-0.25, -0.2) is 0 Å². The van der Waals surface area contributed by atoms with E-state index in [9.17, 15) is 4.79 Å². The number of amides is 1. The third-order valence-electron chi connectivity index (χ3n) is 3.37. The molecule has 0 spiro atoms. The lowest BCUT2D eigenvalue weighted by Crippen LogP contribution is -2.29. The predicted molar refractivity (Wildman–Crippen MR) is 78.2 cm³/mol. The first-order valence-electron chi connectivity index (χ1n) is 6.91. The second-order valence-corrected chi connectivity index (χ2v) is 5.17. The Labute approximate surface area is 117 Å². The number of hydrogen-bond donors (Lipinski definition) is 3. The van der Waals surface area contributed by atoms with Gasteiger partial charge in [0.25, 0.3) is 0 Å². The average Bonchev–Trinajstić information content (AvgIpc) is 3.10. The maximum atomic E-state index is 11.8. The van der Waals surface area contributed by atoms with Gasteiger partial charge < -0.3 is 10.6 Å². The molecule has 1 amide bonds. The van der Waals surface area contributed by atoms with E-state index < -0.39 is 0 Å². The molecule has 1 aromatic heterocycles. The fourth-order valence-electron chi connectivity index (χ4n) is 2.10. The van der Waals surface area contributed by atoms with E-state index in [1.54, 1.807) is 6.20 Å². The quantitative estimate of drug-likeness (QED) is 0.752. The van der Waals surface area contributed by atoms with Crippen LogP contribution in [0.1, 0.15) is 12.8 Å². The van der Waals surface area contributed by atoms with E-state index in [0.29, 0.717) is 6.54 Å². The molecule has 0 saturated heterocycles. The molecule has 5 nitrogen and oxygen atoms in total. The van der Waals surface area contributed by atoms with Gasteiger partial charge in [0.15, 0.2) is 0 Å². The van der Waals surface area contributed by atoms with Crippen LogP contribution in [-0.2, 0) is 4.79 Å². The summed E-state index contributed by atoms with van der Waals surface area (Å²) < 4.78 is 0. The summed E-state index contributed by atoms with van der Waals surface area (Å²) in [5.41, 5.74) is 2.74. The first kappa shape index (κ1) is 12.9. The maximum Gasteiger partial charge on any atom is 0.238 e. The Hall–Kier alpha value is -2.14. The molecule has 1 fully saturated rings. The number of carbonyl (C=O) groups is 1. The van der Waals surface area contributed by atoms with E-state index in [4.69, 9.17) is 0 Å². The first-order chi connectivity index (χ1) is 9.81. The third-order valence-corrected chi connectivity index (χ3v) is 3.37. The number of nitrogens with one attached hydrogen (secondary N) is 3. The minimum Gasteiger partial charge on any atom is -0.325 e. The van der Waals surface area contributed by atoms with Gasteiger partial charge in [-0.3, -0.25) is 9.89 Å². The molecule has 0 unspecified atom stereocenters. The first-order valence-corrected chi connectivity index (χ1v) is 6.91. The van der Waals surface area contributed by atoms with Crippen molar-refractivity contribution in [3.8, 4) is 11.3 Å². The van der Waals surface area contributed by atoms with Crippen molar-refractivity contribution in [2.75, 3.05) is 18.4 Å². The smallest absolute Gasteiger partial charge is 0.238 e. The lowest BCUT2D eigenvalue weighted by molar-refractivity contribution is -0.115. The van der Waals surface area contributed by atoms with Crippen molar-refractivity contribution in [1.82, 2.24) is 15.5 Å². The van der Waals surface area contributed by atoms with Crippen molar-refractivity contribution >= 4 is 11.6 Å². The molecule has 3 N–H and O–H groups in total. The van der Waals surface area contributed by atoms with Crippen LogP contribution in [0.4, 0.5) is 5.69 Å². The Kier molecular flexibility index (Phi) is 3.78. The molecule has 0 atom stereocenters. The summed E-state index contributed by atoms with van der Waals surface area (Å²) in [4.78, 5) is 11.8. The Morgan fingerprint density at radius 1 is 1.35 bits per heavy atom. The predicted octanol–water partition coefficient (Wildman–Crippen LogP) is 2.01. The number of aromatic nitrogens is 2. The van der Waals surface area contributed by atoms with E-state index in [0.717, 1.165) is 29.4 Å². The van der Waals surface area contributed by atoms with Gasteiger partial charge in [0, 0.05) is 17.4 Å². The molecule has 20 heavy (non-hydrogen) atoms. The van der Waals surface area contributed by atoms with Gasteiger partial charge in [0.2, 0.25) is 5.91 Å². The van der Waals surface area contributed by atoms with Gasteiger partial charge in [-0.15, -0.1) is 0 Å². The Bertz CT molecular complexity index is 575. The summed E-state index contributed by atoms with van der Waals surface area (Å²) in [5, 5.41) is 12.9. The highest BCUT2D eigenvalue weighted by molar-refractivity contribution is 5.92. The third kappa shape index (κ3) is 3.45. The number of anilines is 1. The fourth-order valence-corrected chi connectivity index (χ4v) is 2.10. The summed E-state index contributed by atoms with van der Waals surface area (Å²) in [6.07, 6.45) is 4.30. The van der Waals surface area contributed by atoms with Crippen LogP contribution in [0.25, 0.3) is 11.3 Å². The van der Waals surface area contributed by atoms with Crippen molar-refractivity contribution < 1.29 is 4.79 Å². The minimum atomic E-state index is -0.00703. The van der Waals surface area contributed by atoms with Crippen molar-refractivity contribution in [3.63, 3.8) is 0 Å². The molecule has 5 heteroatoms. The van der Waals surface area contributed by atoms with E-state index in [-0.39, 0.29) is 5.91 Å². The maximum absolute atomic E-state index is 11.8.